The molecule has 0 N–H and O–H groups in total. The highest BCUT2D eigenvalue weighted by atomic mass is 79.9. The largest absolute Gasteiger partial charge is 0.340 e. The number of likely N-dealkylation sites (N-methyl/N-ethyl adjacent to an activating group) is 2. The summed E-state index contributed by atoms with van der Waals surface area (Å²) in [6, 6.07) is 5.87. The van der Waals surface area contributed by atoms with Crippen molar-refractivity contribution in [3.63, 3.8) is 0 Å². The van der Waals surface area contributed by atoms with Crippen LogP contribution in [-0.4, -0.2) is 48.9 Å². The quantitative estimate of drug-likeness (QED) is 0.840. The fourth-order valence-corrected chi connectivity index (χ4v) is 3.24. The molecule has 1 aliphatic carbocycles. The first kappa shape index (κ1) is 15.5. The maximum atomic E-state index is 12.6. The van der Waals surface area contributed by atoms with Gasteiger partial charge in [0.25, 0.3) is 5.91 Å². The summed E-state index contributed by atoms with van der Waals surface area (Å²) in [5.41, 5.74) is 1.98. The molecule has 0 unspecified atom stereocenters. The number of amides is 1. The van der Waals surface area contributed by atoms with Crippen molar-refractivity contribution in [3.05, 3.63) is 33.8 Å². The molecule has 110 valence electrons. The van der Waals surface area contributed by atoms with Crippen LogP contribution in [0.3, 0.4) is 0 Å². The maximum Gasteiger partial charge on any atom is 0.253 e. The summed E-state index contributed by atoms with van der Waals surface area (Å²) in [6.07, 6.45) is 3.61. The van der Waals surface area contributed by atoms with Crippen molar-refractivity contribution in [2.75, 3.05) is 27.7 Å². The molecule has 4 heteroatoms. The summed E-state index contributed by atoms with van der Waals surface area (Å²) in [4.78, 5) is 16.8. The first-order valence-corrected chi connectivity index (χ1v) is 7.84. The van der Waals surface area contributed by atoms with Crippen LogP contribution in [0, 0.1) is 6.92 Å². The van der Waals surface area contributed by atoms with Gasteiger partial charge < -0.3 is 9.80 Å². The molecule has 1 fully saturated rings. The number of hydrogen-bond acceptors (Lipinski definition) is 2. The van der Waals surface area contributed by atoms with Crippen LogP contribution in [0.5, 0.6) is 0 Å². The fraction of sp³-hybridized carbons (Fsp3) is 0.562. The molecule has 0 aromatic heterocycles. The van der Waals surface area contributed by atoms with E-state index in [1.54, 1.807) is 0 Å². The molecule has 0 atom stereocenters. The lowest BCUT2D eigenvalue weighted by Gasteiger charge is -2.49. The lowest BCUT2D eigenvalue weighted by Crippen LogP contribution is -2.57. The van der Waals surface area contributed by atoms with Crippen LogP contribution in [0.15, 0.2) is 22.7 Å². The molecule has 1 saturated carbocycles. The maximum absolute atomic E-state index is 12.6. The minimum atomic E-state index is 0.108. The third-order valence-electron chi connectivity index (χ3n) is 4.54. The summed E-state index contributed by atoms with van der Waals surface area (Å²) in [5, 5.41) is 0. The molecule has 1 aromatic carbocycles. The van der Waals surface area contributed by atoms with Crippen LogP contribution in [-0.2, 0) is 0 Å². The molecule has 0 bridgehead atoms. The van der Waals surface area contributed by atoms with Crippen molar-refractivity contribution in [3.8, 4) is 0 Å². The van der Waals surface area contributed by atoms with Gasteiger partial charge in [-0.3, -0.25) is 4.79 Å². The Balaban J connectivity index is 2.14. The van der Waals surface area contributed by atoms with Crippen LogP contribution in [0.4, 0.5) is 0 Å². The van der Waals surface area contributed by atoms with Gasteiger partial charge >= 0.3 is 0 Å². The highest BCUT2D eigenvalue weighted by Gasteiger charge is 2.40. The average Bonchev–Trinajstić information content (AvgIpc) is 2.35. The number of carbonyl (C=O) groups is 1. The second kappa shape index (κ2) is 5.86. The Labute approximate surface area is 130 Å². The second-order valence-electron chi connectivity index (χ2n) is 6.09. The topological polar surface area (TPSA) is 23.6 Å². The van der Waals surface area contributed by atoms with E-state index in [-0.39, 0.29) is 11.4 Å². The monoisotopic (exact) mass is 338 g/mol. The Kier molecular flexibility index (Phi) is 4.55. The van der Waals surface area contributed by atoms with Crippen molar-refractivity contribution < 1.29 is 4.79 Å². The number of carbonyl (C=O) groups excluding carboxylic acids is 1. The molecule has 0 heterocycles. The molecule has 0 spiro atoms. The van der Waals surface area contributed by atoms with Crippen molar-refractivity contribution in [2.45, 2.75) is 31.7 Å². The molecule has 0 radical (unpaired) electrons. The molecule has 20 heavy (non-hydrogen) atoms. The Morgan fingerprint density at radius 2 is 1.95 bits per heavy atom. The van der Waals surface area contributed by atoms with Crippen LogP contribution >= 0.6 is 15.9 Å². The van der Waals surface area contributed by atoms with Crippen molar-refractivity contribution in [1.82, 2.24) is 9.80 Å². The van der Waals surface area contributed by atoms with E-state index >= 15 is 0 Å². The summed E-state index contributed by atoms with van der Waals surface area (Å²) >= 11 is 3.44. The van der Waals surface area contributed by atoms with Crippen LogP contribution < -0.4 is 0 Å². The second-order valence-corrected chi connectivity index (χ2v) is 7.01. The number of benzene rings is 1. The van der Waals surface area contributed by atoms with Gasteiger partial charge in [0.1, 0.15) is 0 Å². The van der Waals surface area contributed by atoms with Gasteiger partial charge in [-0.15, -0.1) is 0 Å². The molecule has 3 nitrogen and oxygen atoms in total. The van der Waals surface area contributed by atoms with Gasteiger partial charge in [-0.25, -0.2) is 0 Å². The fourth-order valence-electron chi connectivity index (χ4n) is 2.88. The van der Waals surface area contributed by atoms with Gasteiger partial charge in [0, 0.05) is 29.2 Å². The molecule has 2 rings (SSSR count). The van der Waals surface area contributed by atoms with Gasteiger partial charge in [-0.1, -0.05) is 22.0 Å². The van der Waals surface area contributed by atoms with Gasteiger partial charge in [-0.05, 0) is 58.0 Å². The molecule has 0 aliphatic heterocycles. The standard InChI is InChI=1S/C16H23BrN2O/c1-12-6-7-13(17)10-14(12)15(20)19(4)11-16(18(2)3)8-5-9-16/h6-7,10H,5,8-9,11H2,1-4H3. The number of nitrogens with zero attached hydrogens (tertiary/aromatic N) is 2. The first-order valence-electron chi connectivity index (χ1n) is 7.05. The minimum Gasteiger partial charge on any atom is -0.340 e. The highest BCUT2D eigenvalue weighted by Crippen LogP contribution is 2.36. The number of rotatable bonds is 4. The molecule has 0 saturated heterocycles. The Morgan fingerprint density at radius 3 is 2.45 bits per heavy atom. The Bertz CT molecular complexity index is 509. The zero-order chi connectivity index (χ0) is 14.9. The van der Waals surface area contributed by atoms with Crippen molar-refractivity contribution >= 4 is 21.8 Å². The predicted molar refractivity (Wildman–Crippen MR) is 86.1 cm³/mol. The highest BCUT2D eigenvalue weighted by molar-refractivity contribution is 9.10. The van der Waals surface area contributed by atoms with E-state index in [9.17, 15) is 4.79 Å². The van der Waals surface area contributed by atoms with Crippen molar-refractivity contribution in [2.24, 2.45) is 0 Å². The van der Waals surface area contributed by atoms with E-state index < -0.39 is 0 Å². The zero-order valence-corrected chi connectivity index (χ0v) is 14.3. The number of hydrogen-bond donors (Lipinski definition) is 0. The third kappa shape index (κ3) is 2.91. The minimum absolute atomic E-state index is 0.108. The normalized spacial score (nSPS) is 16.9. The van der Waals surface area contributed by atoms with Crippen molar-refractivity contribution in [1.29, 1.82) is 0 Å². The lowest BCUT2D eigenvalue weighted by molar-refractivity contribution is 0.0252. The summed E-state index contributed by atoms with van der Waals surface area (Å²) in [5.74, 6) is 0.108. The molecule has 1 aliphatic rings. The van der Waals surface area contributed by atoms with Crippen LogP contribution in [0.2, 0.25) is 0 Å². The summed E-state index contributed by atoms with van der Waals surface area (Å²) in [6.45, 7) is 2.78. The van der Waals surface area contributed by atoms with Crippen LogP contribution in [0.1, 0.15) is 35.2 Å². The lowest BCUT2D eigenvalue weighted by atomic mass is 9.75. The van der Waals surface area contributed by atoms with E-state index in [0.29, 0.717) is 0 Å². The predicted octanol–water partition coefficient (Wildman–Crippen LogP) is 3.31. The van der Waals surface area contributed by atoms with Gasteiger partial charge in [0.15, 0.2) is 0 Å². The Morgan fingerprint density at radius 1 is 1.30 bits per heavy atom. The van der Waals surface area contributed by atoms with Gasteiger partial charge in [0.05, 0.1) is 0 Å². The SMILES string of the molecule is Cc1ccc(Br)cc1C(=O)N(C)CC1(N(C)C)CCC1. The molecular weight excluding hydrogens is 316 g/mol. The average molecular weight is 339 g/mol. The molecule has 1 aromatic rings. The summed E-state index contributed by atoms with van der Waals surface area (Å²) in [7, 11) is 6.13. The summed E-state index contributed by atoms with van der Waals surface area (Å²) < 4.78 is 0.950. The Hall–Kier alpha value is -0.870. The van der Waals surface area contributed by atoms with Crippen LogP contribution in [0.25, 0.3) is 0 Å². The van der Waals surface area contributed by atoms with E-state index in [2.05, 4.69) is 34.9 Å². The molecular formula is C16H23BrN2O. The van der Waals surface area contributed by atoms with E-state index in [4.69, 9.17) is 0 Å². The van der Waals surface area contributed by atoms with Gasteiger partial charge in [-0.2, -0.15) is 0 Å². The zero-order valence-electron chi connectivity index (χ0n) is 12.7. The first-order chi connectivity index (χ1) is 9.35. The van der Waals surface area contributed by atoms with E-state index in [1.807, 2.05) is 37.1 Å². The number of aryl methyl sites for hydroxylation is 1. The number of halogens is 1. The molecule has 1 amide bonds. The van der Waals surface area contributed by atoms with E-state index in [1.165, 1.54) is 19.3 Å². The third-order valence-corrected chi connectivity index (χ3v) is 5.03. The van der Waals surface area contributed by atoms with Gasteiger partial charge in [0.2, 0.25) is 0 Å². The van der Waals surface area contributed by atoms with E-state index in [0.717, 1.165) is 22.1 Å². The smallest absolute Gasteiger partial charge is 0.253 e.